The van der Waals surface area contributed by atoms with E-state index in [9.17, 15) is 13.2 Å². The molecule has 0 radical (unpaired) electrons. The molecule has 0 aromatic heterocycles. The summed E-state index contributed by atoms with van der Waals surface area (Å²) in [6.07, 6.45) is 1.45. The van der Waals surface area contributed by atoms with Crippen molar-refractivity contribution in [2.75, 3.05) is 4.72 Å². The molecular formula is C12H16N2O4S. The number of nitrogens with zero attached hydrogens (tertiary/aromatic N) is 1. The molecule has 0 atom stereocenters. The molecule has 1 aromatic carbocycles. The highest BCUT2D eigenvalue weighted by Gasteiger charge is 2.36. The topological polar surface area (TPSA) is 86.7 Å². The molecule has 0 heterocycles. The molecule has 0 spiro atoms. The Kier molecular flexibility index (Phi) is 3.94. The Bertz CT molecular complexity index is 538. The third kappa shape index (κ3) is 3.17. The van der Waals surface area contributed by atoms with Gasteiger partial charge in [0, 0.05) is 0 Å². The van der Waals surface area contributed by atoms with Gasteiger partial charge in [0.25, 0.3) is 0 Å². The fraction of sp³-hybridized carbons (Fsp3) is 0.417. The number of rotatable bonds is 4. The molecule has 0 saturated heterocycles. The summed E-state index contributed by atoms with van der Waals surface area (Å²) < 4.78 is 27.2. The number of anilines is 1. The molecule has 2 N–H and O–H groups in total. The van der Waals surface area contributed by atoms with Gasteiger partial charge in [0.1, 0.15) is 0 Å². The van der Waals surface area contributed by atoms with Gasteiger partial charge in [-0.05, 0) is 25.0 Å². The summed E-state index contributed by atoms with van der Waals surface area (Å²) >= 11 is 0. The maximum atomic E-state index is 12.2. The van der Waals surface area contributed by atoms with Crippen LogP contribution in [-0.4, -0.2) is 30.0 Å². The zero-order valence-electron chi connectivity index (χ0n) is 10.3. The highest BCUT2D eigenvalue weighted by atomic mass is 32.2. The lowest BCUT2D eigenvalue weighted by atomic mass is 10.3. The van der Waals surface area contributed by atoms with Crippen molar-refractivity contribution in [1.82, 2.24) is 4.31 Å². The molecule has 0 aliphatic heterocycles. The average molecular weight is 284 g/mol. The van der Waals surface area contributed by atoms with Crippen molar-refractivity contribution in [1.29, 1.82) is 0 Å². The molecule has 2 rings (SSSR count). The molecule has 6 nitrogen and oxygen atoms in total. The first-order valence-corrected chi connectivity index (χ1v) is 7.55. The van der Waals surface area contributed by atoms with Gasteiger partial charge >= 0.3 is 16.3 Å². The molecule has 1 amide bonds. The van der Waals surface area contributed by atoms with Crippen LogP contribution in [0.25, 0.3) is 0 Å². The van der Waals surface area contributed by atoms with Crippen molar-refractivity contribution in [3.63, 3.8) is 0 Å². The summed E-state index contributed by atoms with van der Waals surface area (Å²) in [5.74, 6) is 0. The number of hydrogen-bond donors (Lipinski definition) is 2. The Morgan fingerprint density at radius 1 is 1.21 bits per heavy atom. The van der Waals surface area contributed by atoms with Crippen LogP contribution in [0.15, 0.2) is 30.3 Å². The summed E-state index contributed by atoms with van der Waals surface area (Å²) in [6, 6.07) is 7.80. The van der Waals surface area contributed by atoms with Gasteiger partial charge in [-0.1, -0.05) is 31.0 Å². The number of para-hydroxylation sites is 1. The van der Waals surface area contributed by atoms with Crippen LogP contribution >= 0.6 is 0 Å². The van der Waals surface area contributed by atoms with Gasteiger partial charge in [0.2, 0.25) is 0 Å². The normalized spacial score (nSPS) is 16.2. The molecule has 19 heavy (non-hydrogen) atoms. The third-order valence-corrected chi connectivity index (χ3v) is 4.59. The molecule has 1 aliphatic carbocycles. The first-order valence-electron chi connectivity index (χ1n) is 6.11. The van der Waals surface area contributed by atoms with Gasteiger partial charge in [0.15, 0.2) is 0 Å². The van der Waals surface area contributed by atoms with E-state index in [1.54, 1.807) is 30.3 Å². The Labute approximate surface area is 112 Å². The van der Waals surface area contributed by atoms with Crippen molar-refractivity contribution in [2.45, 2.75) is 31.7 Å². The molecule has 1 aliphatic rings. The van der Waals surface area contributed by atoms with Gasteiger partial charge in [-0.25, -0.2) is 4.79 Å². The second-order valence-corrected chi connectivity index (χ2v) is 6.04. The van der Waals surface area contributed by atoms with E-state index in [0.717, 1.165) is 12.8 Å². The van der Waals surface area contributed by atoms with E-state index in [2.05, 4.69) is 4.72 Å². The predicted molar refractivity (Wildman–Crippen MR) is 71.1 cm³/mol. The summed E-state index contributed by atoms with van der Waals surface area (Å²) in [4.78, 5) is 11.2. The van der Waals surface area contributed by atoms with Crippen LogP contribution in [0.3, 0.4) is 0 Å². The van der Waals surface area contributed by atoms with E-state index in [0.29, 0.717) is 22.8 Å². The van der Waals surface area contributed by atoms with Crippen molar-refractivity contribution in [3.8, 4) is 0 Å². The monoisotopic (exact) mass is 284 g/mol. The van der Waals surface area contributed by atoms with Crippen LogP contribution < -0.4 is 4.72 Å². The molecular weight excluding hydrogens is 268 g/mol. The SMILES string of the molecule is O=C(O)N(C1CCCC1)S(=O)(=O)Nc1ccccc1. The van der Waals surface area contributed by atoms with Crippen LogP contribution in [0.2, 0.25) is 0 Å². The largest absolute Gasteiger partial charge is 0.464 e. The van der Waals surface area contributed by atoms with E-state index in [1.165, 1.54) is 0 Å². The molecule has 0 unspecified atom stereocenters. The van der Waals surface area contributed by atoms with E-state index in [-0.39, 0.29) is 0 Å². The quantitative estimate of drug-likeness (QED) is 0.888. The zero-order valence-corrected chi connectivity index (χ0v) is 11.1. The number of nitrogens with one attached hydrogen (secondary N) is 1. The molecule has 104 valence electrons. The van der Waals surface area contributed by atoms with Crippen molar-refractivity contribution < 1.29 is 18.3 Å². The van der Waals surface area contributed by atoms with Crippen molar-refractivity contribution in [2.24, 2.45) is 0 Å². The Morgan fingerprint density at radius 3 is 2.32 bits per heavy atom. The number of amides is 1. The van der Waals surface area contributed by atoms with Gasteiger partial charge in [-0.2, -0.15) is 12.7 Å². The molecule has 0 bridgehead atoms. The number of benzene rings is 1. The van der Waals surface area contributed by atoms with E-state index >= 15 is 0 Å². The number of carboxylic acid groups (broad SMARTS) is 1. The summed E-state index contributed by atoms with van der Waals surface area (Å²) in [6.45, 7) is 0. The minimum absolute atomic E-state index is 0.353. The second kappa shape index (κ2) is 5.48. The van der Waals surface area contributed by atoms with Crippen LogP contribution in [0.5, 0.6) is 0 Å². The van der Waals surface area contributed by atoms with E-state index in [1.807, 2.05) is 0 Å². The lowest BCUT2D eigenvalue weighted by molar-refractivity contribution is 0.161. The molecule has 1 fully saturated rings. The fourth-order valence-corrected chi connectivity index (χ4v) is 3.64. The van der Waals surface area contributed by atoms with E-state index in [4.69, 9.17) is 5.11 Å². The van der Waals surface area contributed by atoms with E-state index < -0.39 is 22.3 Å². The lowest BCUT2D eigenvalue weighted by Crippen LogP contribution is -2.45. The summed E-state index contributed by atoms with van der Waals surface area (Å²) in [7, 11) is -4.07. The number of carbonyl (C=O) groups is 1. The zero-order chi connectivity index (χ0) is 13.9. The Balaban J connectivity index is 2.22. The lowest BCUT2D eigenvalue weighted by Gasteiger charge is -2.25. The van der Waals surface area contributed by atoms with Crippen LogP contribution in [0.1, 0.15) is 25.7 Å². The Hall–Kier alpha value is -1.76. The molecule has 1 aromatic rings. The van der Waals surface area contributed by atoms with Crippen LogP contribution in [0, 0.1) is 0 Å². The maximum Gasteiger partial charge on any atom is 0.422 e. The predicted octanol–water partition coefficient (Wildman–Crippen LogP) is 2.27. The fourth-order valence-electron chi connectivity index (χ4n) is 2.30. The number of hydrogen-bond acceptors (Lipinski definition) is 3. The minimum Gasteiger partial charge on any atom is -0.464 e. The first-order chi connectivity index (χ1) is 9.00. The first kappa shape index (κ1) is 13.7. The standard InChI is InChI=1S/C12H16N2O4S/c15-12(16)14(11-8-4-5-9-11)19(17,18)13-10-6-2-1-3-7-10/h1-3,6-7,11,13H,4-5,8-9H2,(H,15,16). The summed E-state index contributed by atoms with van der Waals surface area (Å²) in [5, 5.41) is 9.15. The third-order valence-electron chi connectivity index (χ3n) is 3.12. The minimum atomic E-state index is -4.07. The maximum absolute atomic E-state index is 12.2. The van der Waals surface area contributed by atoms with Gasteiger partial charge in [-0.3, -0.25) is 4.72 Å². The van der Waals surface area contributed by atoms with Gasteiger partial charge < -0.3 is 5.11 Å². The second-order valence-electron chi connectivity index (χ2n) is 4.49. The highest BCUT2D eigenvalue weighted by Crippen LogP contribution is 2.26. The van der Waals surface area contributed by atoms with Gasteiger partial charge in [0.05, 0.1) is 11.7 Å². The highest BCUT2D eigenvalue weighted by molar-refractivity contribution is 7.90. The van der Waals surface area contributed by atoms with Crippen molar-refractivity contribution >= 4 is 22.0 Å². The smallest absolute Gasteiger partial charge is 0.422 e. The van der Waals surface area contributed by atoms with Crippen LogP contribution in [0.4, 0.5) is 10.5 Å². The molecule has 1 saturated carbocycles. The average Bonchev–Trinajstić information content (AvgIpc) is 2.82. The van der Waals surface area contributed by atoms with Crippen LogP contribution in [-0.2, 0) is 10.2 Å². The van der Waals surface area contributed by atoms with Crippen molar-refractivity contribution in [3.05, 3.63) is 30.3 Å². The Morgan fingerprint density at radius 2 is 1.79 bits per heavy atom. The molecule has 7 heteroatoms. The van der Waals surface area contributed by atoms with Gasteiger partial charge in [-0.15, -0.1) is 0 Å². The summed E-state index contributed by atoms with van der Waals surface area (Å²) in [5.41, 5.74) is 0.353.